The molecule has 1 aromatic rings. The summed E-state index contributed by atoms with van der Waals surface area (Å²) in [6, 6.07) is 0. The van der Waals surface area contributed by atoms with Gasteiger partial charge in [-0.05, 0) is 6.42 Å². The van der Waals surface area contributed by atoms with Crippen LogP contribution in [0.15, 0.2) is 27.0 Å². The minimum atomic E-state index is -0.987. The van der Waals surface area contributed by atoms with Crippen molar-refractivity contribution in [3.05, 3.63) is 28.8 Å². The number of hydrogen-bond acceptors (Lipinski definition) is 5. The zero-order chi connectivity index (χ0) is 12.5. The van der Waals surface area contributed by atoms with E-state index < -0.39 is 6.17 Å². The van der Waals surface area contributed by atoms with E-state index in [-0.39, 0.29) is 6.54 Å². The van der Waals surface area contributed by atoms with Crippen molar-refractivity contribution < 1.29 is 8.91 Å². The van der Waals surface area contributed by atoms with Crippen molar-refractivity contribution in [2.45, 2.75) is 19.0 Å². The van der Waals surface area contributed by atoms with Crippen molar-refractivity contribution >= 4 is 5.71 Å². The highest BCUT2D eigenvalue weighted by Crippen LogP contribution is 2.22. The van der Waals surface area contributed by atoms with Crippen LogP contribution in [0.3, 0.4) is 0 Å². The third-order valence-corrected chi connectivity index (χ3v) is 3.30. The zero-order valence-corrected chi connectivity index (χ0v) is 9.95. The van der Waals surface area contributed by atoms with Crippen LogP contribution in [0.1, 0.15) is 17.7 Å². The number of halogens is 1. The van der Waals surface area contributed by atoms with Gasteiger partial charge in [0.05, 0.1) is 12.3 Å². The molecule has 1 aromatic heterocycles. The van der Waals surface area contributed by atoms with Gasteiger partial charge in [0, 0.05) is 36.3 Å². The molecule has 0 saturated heterocycles. The zero-order valence-electron chi connectivity index (χ0n) is 9.95. The second-order valence-electron chi connectivity index (χ2n) is 4.61. The van der Waals surface area contributed by atoms with Gasteiger partial charge in [-0.25, -0.2) is 4.39 Å². The first kappa shape index (κ1) is 11.4. The van der Waals surface area contributed by atoms with Crippen LogP contribution in [-0.2, 0) is 6.42 Å². The van der Waals surface area contributed by atoms with Crippen LogP contribution in [0.2, 0.25) is 0 Å². The highest BCUT2D eigenvalue weighted by atomic mass is 19.1. The van der Waals surface area contributed by atoms with Gasteiger partial charge in [0.1, 0.15) is 18.1 Å². The average molecular weight is 250 g/mol. The first-order chi connectivity index (χ1) is 8.75. The molecule has 0 radical (unpaired) electrons. The smallest absolute Gasteiger partial charge is 0.135 e. The number of aromatic nitrogens is 1. The lowest BCUT2D eigenvalue weighted by molar-refractivity contribution is 0.340. The van der Waals surface area contributed by atoms with Crippen molar-refractivity contribution in [3.63, 3.8) is 0 Å². The molecule has 96 valence electrons. The maximum atomic E-state index is 13.6. The summed E-state index contributed by atoms with van der Waals surface area (Å²) >= 11 is 0. The molecule has 0 amide bonds. The lowest BCUT2D eigenvalue weighted by Gasteiger charge is -2.19. The van der Waals surface area contributed by atoms with E-state index in [1.165, 1.54) is 6.26 Å². The first-order valence-electron chi connectivity index (χ1n) is 6.06. The molecule has 5 nitrogen and oxygen atoms in total. The molecule has 0 spiro atoms. The highest BCUT2D eigenvalue weighted by Gasteiger charge is 2.26. The molecule has 0 fully saturated rings. The first-order valence-corrected chi connectivity index (χ1v) is 6.06. The summed E-state index contributed by atoms with van der Waals surface area (Å²) in [6.07, 6.45) is 1.59. The van der Waals surface area contributed by atoms with Gasteiger partial charge in [-0.2, -0.15) is 0 Å². The van der Waals surface area contributed by atoms with E-state index in [1.54, 1.807) is 0 Å². The van der Waals surface area contributed by atoms with Crippen LogP contribution in [0.25, 0.3) is 0 Å². The number of aliphatic imine (C=N–C) groups is 1. The van der Waals surface area contributed by atoms with E-state index in [4.69, 9.17) is 10.3 Å². The van der Waals surface area contributed by atoms with Crippen LogP contribution in [0, 0.1) is 0 Å². The summed E-state index contributed by atoms with van der Waals surface area (Å²) in [4.78, 5) is 4.33. The van der Waals surface area contributed by atoms with E-state index in [9.17, 15) is 4.39 Å². The number of fused-ring (bicyclic) bond motifs is 1. The molecule has 0 aromatic carbocycles. The normalized spacial score (nSPS) is 24.5. The van der Waals surface area contributed by atoms with Crippen LogP contribution in [-0.4, -0.2) is 36.7 Å². The number of rotatable bonds is 1. The number of nitrogens with two attached hydrogens (primary N) is 1. The molecule has 1 atom stereocenters. The SMILES string of the molecule is NC1=C(C2=NCC(F)Cc3conc32)CNCC1. The molecule has 2 aliphatic rings. The van der Waals surface area contributed by atoms with Gasteiger partial charge in [-0.15, -0.1) is 0 Å². The Hall–Kier alpha value is -1.69. The van der Waals surface area contributed by atoms with Crippen molar-refractivity contribution in [2.75, 3.05) is 19.6 Å². The summed E-state index contributed by atoms with van der Waals surface area (Å²) in [5, 5.41) is 7.20. The average Bonchev–Trinajstić information content (AvgIpc) is 2.74. The summed E-state index contributed by atoms with van der Waals surface area (Å²) in [5.41, 5.74) is 9.84. The van der Waals surface area contributed by atoms with Gasteiger partial charge in [-0.1, -0.05) is 5.16 Å². The molecule has 0 bridgehead atoms. The Morgan fingerprint density at radius 1 is 1.50 bits per heavy atom. The molecule has 6 heteroatoms. The fourth-order valence-corrected chi connectivity index (χ4v) is 2.34. The van der Waals surface area contributed by atoms with Gasteiger partial charge >= 0.3 is 0 Å². The molecule has 2 aliphatic heterocycles. The van der Waals surface area contributed by atoms with Gasteiger partial charge in [0.25, 0.3) is 0 Å². The van der Waals surface area contributed by atoms with Crippen LogP contribution >= 0.6 is 0 Å². The molecule has 0 aliphatic carbocycles. The summed E-state index contributed by atoms with van der Waals surface area (Å²) in [6.45, 7) is 1.66. The molecular formula is C12H15FN4O. The minimum Gasteiger partial charge on any atom is -0.402 e. The summed E-state index contributed by atoms with van der Waals surface area (Å²) in [5.74, 6) is 0. The van der Waals surface area contributed by atoms with E-state index in [0.29, 0.717) is 24.4 Å². The molecule has 3 rings (SSSR count). The Morgan fingerprint density at radius 2 is 2.39 bits per heavy atom. The Balaban J connectivity index is 2.06. The monoisotopic (exact) mass is 250 g/mol. The van der Waals surface area contributed by atoms with Crippen molar-refractivity contribution in [2.24, 2.45) is 10.7 Å². The van der Waals surface area contributed by atoms with Gasteiger partial charge < -0.3 is 15.6 Å². The second-order valence-corrected chi connectivity index (χ2v) is 4.61. The van der Waals surface area contributed by atoms with E-state index in [1.807, 2.05) is 0 Å². The van der Waals surface area contributed by atoms with E-state index in [0.717, 1.165) is 29.8 Å². The third-order valence-electron chi connectivity index (χ3n) is 3.30. The van der Waals surface area contributed by atoms with E-state index in [2.05, 4.69) is 15.5 Å². The topological polar surface area (TPSA) is 76.4 Å². The Morgan fingerprint density at radius 3 is 3.22 bits per heavy atom. The standard InChI is InChI=1S/C12H15FN4O/c13-8-3-7-6-18-17-11(7)12(16-4-8)9-5-15-2-1-10(9)14/h6,8,15H,1-5,14H2. The Labute approximate surface area is 104 Å². The summed E-state index contributed by atoms with van der Waals surface area (Å²) in [7, 11) is 0. The Bertz CT molecular complexity index is 520. The van der Waals surface area contributed by atoms with Crippen LogP contribution < -0.4 is 11.1 Å². The van der Waals surface area contributed by atoms with Gasteiger partial charge in [0.2, 0.25) is 0 Å². The minimum absolute atomic E-state index is 0.155. The van der Waals surface area contributed by atoms with Gasteiger partial charge in [-0.3, -0.25) is 4.99 Å². The molecule has 18 heavy (non-hydrogen) atoms. The van der Waals surface area contributed by atoms with E-state index >= 15 is 0 Å². The molecular weight excluding hydrogens is 235 g/mol. The molecule has 1 unspecified atom stereocenters. The Kier molecular flexibility index (Phi) is 2.87. The predicted molar refractivity (Wildman–Crippen MR) is 65.2 cm³/mol. The molecule has 3 heterocycles. The maximum absolute atomic E-state index is 13.6. The van der Waals surface area contributed by atoms with Crippen molar-refractivity contribution in [3.8, 4) is 0 Å². The molecule has 3 N–H and O–H groups in total. The fraction of sp³-hybridized carbons (Fsp3) is 0.500. The van der Waals surface area contributed by atoms with Crippen molar-refractivity contribution in [1.82, 2.24) is 10.5 Å². The highest BCUT2D eigenvalue weighted by molar-refractivity contribution is 6.13. The van der Waals surface area contributed by atoms with Crippen LogP contribution in [0.4, 0.5) is 4.39 Å². The number of nitrogens with one attached hydrogen (secondary N) is 1. The maximum Gasteiger partial charge on any atom is 0.135 e. The fourth-order valence-electron chi connectivity index (χ4n) is 2.34. The number of alkyl halides is 1. The lowest BCUT2D eigenvalue weighted by Crippen LogP contribution is -2.32. The largest absolute Gasteiger partial charge is 0.402 e. The third kappa shape index (κ3) is 1.92. The molecule has 0 saturated carbocycles. The quantitative estimate of drug-likeness (QED) is 0.763. The van der Waals surface area contributed by atoms with Crippen LogP contribution in [0.5, 0.6) is 0 Å². The lowest BCUT2D eigenvalue weighted by atomic mass is 9.98. The second kappa shape index (κ2) is 4.53. The number of hydrogen-bond donors (Lipinski definition) is 2. The van der Waals surface area contributed by atoms with Gasteiger partial charge in [0.15, 0.2) is 0 Å². The predicted octanol–water partition coefficient (Wildman–Crippen LogP) is 0.564. The van der Waals surface area contributed by atoms with Crippen molar-refractivity contribution in [1.29, 1.82) is 0 Å². The number of nitrogens with zero attached hydrogens (tertiary/aromatic N) is 2. The summed E-state index contributed by atoms with van der Waals surface area (Å²) < 4.78 is 18.5.